The highest BCUT2D eigenvalue weighted by molar-refractivity contribution is 7.99. The van der Waals surface area contributed by atoms with Gasteiger partial charge in [-0.05, 0) is 14.1 Å². The molecule has 0 aromatic carbocycles. The van der Waals surface area contributed by atoms with E-state index in [4.69, 9.17) is 5.11 Å². The Balaban J connectivity index is 2.38. The number of nitrogens with one attached hydrogen (secondary N) is 1. The summed E-state index contributed by atoms with van der Waals surface area (Å²) < 4.78 is 0. The Morgan fingerprint density at radius 2 is 2.00 bits per heavy atom. The molecule has 0 saturated carbocycles. The lowest BCUT2D eigenvalue weighted by Crippen LogP contribution is -2.39. The van der Waals surface area contributed by atoms with Gasteiger partial charge in [-0.2, -0.15) is 11.8 Å². The Kier molecular flexibility index (Phi) is 5.08. The molecule has 0 radical (unpaired) electrons. The van der Waals surface area contributed by atoms with E-state index in [1.165, 1.54) is 11.8 Å². The third kappa shape index (κ3) is 3.68. The maximum atomic E-state index is 11.7. The van der Waals surface area contributed by atoms with E-state index >= 15 is 0 Å². The molecule has 1 amide bonds. The molecule has 1 aliphatic rings. The molecule has 2 N–H and O–H groups in total. The summed E-state index contributed by atoms with van der Waals surface area (Å²) in [6.07, 6.45) is 0. The molecule has 1 fully saturated rings. The van der Waals surface area contributed by atoms with Gasteiger partial charge < -0.3 is 15.3 Å². The Labute approximate surface area is 99.6 Å². The number of rotatable bonds is 5. The fraction of sp³-hybridized carbons (Fsp3) is 0.800. The van der Waals surface area contributed by atoms with Crippen molar-refractivity contribution in [2.75, 3.05) is 38.7 Å². The highest BCUT2D eigenvalue weighted by Crippen LogP contribution is 2.30. The van der Waals surface area contributed by atoms with E-state index in [1.54, 1.807) is 0 Å². The number of carbonyl (C=O) groups is 2. The van der Waals surface area contributed by atoms with Crippen molar-refractivity contribution in [3.63, 3.8) is 0 Å². The lowest BCUT2D eigenvalue weighted by molar-refractivity contribution is -0.145. The summed E-state index contributed by atoms with van der Waals surface area (Å²) in [6, 6.07) is 0. The Bertz CT molecular complexity index is 271. The zero-order chi connectivity index (χ0) is 12.1. The molecule has 1 rings (SSSR count). The number of carboxylic acids is 1. The lowest BCUT2D eigenvalue weighted by Gasteiger charge is -2.16. The summed E-state index contributed by atoms with van der Waals surface area (Å²) in [6.45, 7) is 1.34. The van der Waals surface area contributed by atoms with Crippen LogP contribution in [0.4, 0.5) is 0 Å². The first-order valence-corrected chi connectivity index (χ1v) is 6.41. The van der Waals surface area contributed by atoms with E-state index in [0.29, 0.717) is 18.1 Å². The Hall–Kier alpha value is -0.750. The van der Waals surface area contributed by atoms with Gasteiger partial charge in [-0.25, -0.2) is 0 Å². The van der Waals surface area contributed by atoms with Gasteiger partial charge in [0.2, 0.25) is 5.91 Å². The van der Waals surface area contributed by atoms with Crippen molar-refractivity contribution in [1.29, 1.82) is 0 Å². The van der Waals surface area contributed by atoms with Crippen LogP contribution in [0, 0.1) is 11.8 Å². The molecule has 0 aliphatic carbocycles. The lowest BCUT2D eigenvalue weighted by atomic mass is 9.95. The quantitative estimate of drug-likeness (QED) is 0.699. The van der Waals surface area contributed by atoms with Crippen LogP contribution in [0.15, 0.2) is 0 Å². The van der Waals surface area contributed by atoms with Gasteiger partial charge in [0.05, 0.1) is 11.8 Å². The number of carboxylic acid groups (broad SMARTS) is 1. The summed E-state index contributed by atoms with van der Waals surface area (Å²) in [5.41, 5.74) is 0. The molecular weight excluding hydrogens is 228 g/mol. The Morgan fingerprint density at radius 3 is 2.56 bits per heavy atom. The van der Waals surface area contributed by atoms with Gasteiger partial charge in [0.15, 0.2) is 0 Å². The van der Waals surface area contributed by atoms with Crippen molar-refractivity contribution < 1.29 is 14.7 Å². The minimum absolute atomic E-state index is 0.126. The molecule has 92 valence electrons. The van der Waals surface area contributed by atoms with Crippen LogP contribution in [0.3, 0.4) is 0 Å². The van der Waals surface area contributed by atoms with E-state index in [1.807, 2.05) is 19.0 Å². The summed E-state index contributed by atoms with van der Waals surface area (Å²) in [7, 11) is 3.86. The number of aliphatic carboxylic acids is 1. The second kappa shape index (κ2) is 6.10. The number of nitrogens with zero attached hydrogens (tertiary/aromatic N) is 1. The molecule has 2 atom stereocenters. The molecule has 0 bridgehead atoms. The third-order valence-electron chi connectivity index (χ3n) is 2.59. The minimum Gasteiger partial charge on any atom is -0.481 e. The van der Waals surface area contributed by atoms with Crippen LogP contribution < -0.4 is 5.32 Å². The maximum Gasteiger partial charge on any atom is 0.308 e. The third-order valence-corrected chi connectivity index (χ3v) is 3.78. The zero-order valence-corrected chi connectivity index (χ0v) is 10.4. The van der Waals surface area contributed by atoms with Crippen molar-refractivity contribution >= 4 is 23.6 Å². The first kappa shape index (κ1) is 13.3. The second-order valence-electron chi connectivity index (χ2n) is 4.18. The van der Waals surface area contributed by atoms with E-state index in [0.717, 1.165) is 6.54 Å². The Morgan fingerprint density at radius 1 is 1.38 bits per heavy atom. The summed E-state index contributed by atoms with van der Waals surface area (Å²) >= 11 is 1.53. The van der Waals surface area contributed by atoms with Gasteiger partial charge in [0.1, 0.15) is 0 Å². The number of likely N-dealkylation sites (N-methyl/N-ethyl adjacent to an activating group) is 1. The highest BCUT2D eigenvalue weighted by Gasteiger charge is 2.38. The van der Waals surface area contributed by atoms with E-state index in [-0.39, 0.29) is 11.8 Å². The SMILES string of the molecule is CN(C)CCNC(=O)[C@@H]1CSC[C@@H]1C(=O)O. The molecule has 5 nitrogen and oxygen atoms in total. The number of amides is 1. The van der Waals surface area contributed by atoms with Crippen molar-refractivity contribution in [2.45, 2.75) is 0 Å². The van der Waals surface area contributed by atoms with Crippen molar-refractivity contribution in [3.05, 3.63) is 0 Å². The fourth-order valence-corrected chi connectivity index (χ4v) is 2.99. The van der Waals surface area contributed by atoms with Crippen molar-refractivity contribution in [3.8, 4) is 0 Å². The van der Waals surface area contributed by atoms with Crippen LogP contribution in [-0.4, -0.2) is 60.6 Å². The second-order valence-corrected chi connectivity index (χ2v) is 5.26. The highest BCUT2D eigenvalue weighted by atomic mass is 32.2. The summed E-state index contributed by atoms with van der Waals surface area (Å²) in [5, 5.41) is 11.7. The minimum atomic E-state index is -0.863. The largest absolute Gasteiger partial charge is 0.481 e. The smallest absolute Gasteiger partial charge is 0.308 e. The molecule has 1 heterocycles. The molecule has 6 heteroatoms. The first-order valence-electron chi connectivity index (χ1n) is 5.25. The van der Waals surface area contributed by atoms with Gasteiger partial charge in [-0.3, -0.25) is 9.59 Å². The van der Waals surface area contributed by atoms with Crippen LogP contribution in [-0.2, 0) is 9.59 Å². The van der Waals surface area contributed by atoms with E-state index < -0.39 is 11.9 Å². The normalized spacial score (nSPS) is 24.7. The van der Waals surface area contributed by atoms with Gasteiger partial charge in [-0.15, -0.1) is 0 Å². The maximum absolute atomic E-state index is 11.7. The molecule has 0 aromatic heterocycles. The van der Waals surface area contributed by atoms with E-state index in [9.17, 15) is 9.59 Å². The number of hydrogen-bond donors (Lipinski definition) is 2. The van der Waals surface area contributed by atoms with Gasteiger partial charge >= 0.3 is 5.97 Å². The first-order chi connectivity index (χ1) is 7.52. The van der Waals surface area contributed by atoms with Gasteiger partial charge in [-0.1, -0.05) is 0 Å². The molecular formula is C10H18N2O3S. The predicted octanol–water partition coefficient (Wildman–Crippen LogP) is -0.272. The van der Waals surface area contributed by atoms with Crippen LogP contribution in [0.5, 0.6) is 0 Å². The standard InChI is InChI=1S/C10H18N2O3S/c1-12(2)4-3-11-9(13)7-5-16-6-8(7)10(14)15/h7-8H,3-6H2,1-2H3,(H,11,13)(H,14,15)/t7-,8+/m1/s1. The number of thioether (sulfide) groups is 1. The average molecular weight is 246 g/mol. The van der Waals surface area contributed by atoms with Crippen molar-refractivity contribution in [1.82, 2.24) is 10.2 Å². The number of carbonyl (C=O) groups excluding carboxylic acids is 1. The zero-order valence-electron chi connectivity index (χ0n) is 9.60. The molecule has 1 aliphatic heterocycles. The predicted molar refractivity (Wildman–Crippen MR) is 63.5 cm³/mol. The van der Waals surface area contributed by atoms with Gasteiger partial charge in [0, 0.05) is 24.6 Å². The van der Waals surface area contributed by atoms with Crippen LogP contribution in [0.2, 0.25) is 0 Å². The average Bonchev–Trinajstić information content (AvgIpc) is 2.65. The number of hydrogen-bond acceptors (Lipinski definition) is 4. The molecule has 0 spiro atoms. The van der Waals surface area contributed by atoms with Crippen LogP contribution in [0.25, 0.3) is 0 Å². The molecule has 1 saturated heterocycles. The topological polar surface area (TPSA) is 69.6 Å². The summed E-state index contributed by atoms with van der Waals surface area (Å²) in [5.74, 6) is -0.725. The molecule has 0 unspecified atom stereocenters. The van der Waals surface area contributed by atoms with Crippen molar-refractivity contribution in [2.24, 2.45) is 11.8 Å². The molecule has 16 heavy (non-hydrogen) atoms. The molecule has 0 aromatic rings. The van der Waals surface area contributed by atoms with Crippen LogP contribution >= 0.6 is 11.8 Å². The fourth-order valence-electron chi connectivity index (χ4n) is 1.59. The van der Waals surface area contributed by atoms with Crippen LogP contribution in [0.1, 0.15) is 0 Å². The van der Waals surface area contributed by atoms with Gasteiger partial charge in [0.25, 0.3) is 0 Å². The summed E-state index contributed by atoms with van der Waals surface area (Å²) in [4.78, 5) is 24.6. The van der Waals surface area contributed by atoms with E-state index in [2.05, 4.69) is 5.32 Å². The monoisotopic (exact) mass is 246 g/mol.